The van der Waals surface area contributed by atoms with Gasteiger partial charge in [-0.3, -0.25) is 14.2 Å². The van der Waals surface area contributed by atoms with E-state index in [9.17, 15) is 14.7 Å². The molecular weight excluding hydrogens is 603 g/mol. The first-order valence-corrected chi connectivity index (χ1v) is 12.5. The summed E-state index contributed by atoms with van der Waals surface area (Å²) in [5.41, 5.74) is 2.60. The molecule has 8 nitrogen and oxygen atoms in total. The minimum absolute atomic E-state index is 0.177. The molecule has 2 amide bonds. The second-order valence-corrected chi connectivity index (χ2v) is 10.1. The van der Waals surface area contributed by atoms with Crippen molar-refractivity contribution in [3.63, 3.8) is 0 Å². The largest absolute Gasteiger partial charge is 0.493 e. The summed E-state index contributed by atoms with van der Waals surface area (Å²) in [6.07, 6.45) is 1.54. The van der Waals surface area contributed by atoms with E-state index in [2.05, 4.69) is 38.0 Å². The highest BCUT2D eigenvalue weighted by atomic mass is 79.9. The number of aromatic hydroxyl groups is 1. The number of carbonyl (C=O) groups excluding carboxylic acids is 2. The molecule has 0 aliphatic carbocycles. The highest BCUT2D eigenvalue weighted by Gasteiger charge is 2.25. The summed E-state index contributed by atoms with van der Waals surface area (Å²) in [7, 11) is 0. The van der Waals surface area contributed by atoms with Gasteiger partial charge in [-0.2, -0.15) is 0 Å². The van der Waals surface area contributed by atoms with Crippen molar-refractivity contribution in [1.29, 1.82) is 0 Å². The number of amides is 2. The van der Waals surface area contributed by atoms with Crippen LogP contribution in [0.3, 0.4) is 0 Å². The van der Waals surface area contributed by atoms with Crippen LogP contribution in [0.2, 0.25) is 15.1 Å². The second kappa shape index (κ2) is 10.5. The Morgan fingerprint density at radius 3 is 2.74 bits per heavy atom. The topological polar surface area (TPSA) is 105 Å². The minimum Gasteiger partial charge on any atom is -0.493 e. The van der Waals surface area contributed by atoms with E-state index in [-0.39, 0.29) is 48.5 Å². The molecule has 13 heteroatoms. The average Bonchev–Trinajstić information content (AvgIpc) is 3.29. The highest BCUT2D eigenvalue weighted by molar-refractivity contribution is 9.10. The van der Waals surface area contributed by atoms with Gasteiger partial charge in [0.15, 0.2) is 6.61 Å². The molecule has 0 bridgehead atoms. The lowest BCUT2D eigenvalue weighted by Crippen LogP contribution is -2.28. The molecule has 1 aliphatic rings. The van der Waals surface area contributed by atoms with Gasteiger partial charge in [0.2, 0.25) is 10.7 Å². The predicted octanol–water partition coefficient (Wildman–Crippen LogP) is 3.53. The summed E-state index contributed by atoms with van der Waals surface area (Å²) in [5, 5.41) is 16.7. The van der Waals surface area contributed by atoms with Gasteiger partial charge in [-0.1, -0.05) is 68.1 Å². The number of hydrogen-bond acceptors (Lipinski definition) is 6. The van der Waals surface area contributed by atoms with Crippen LogP contribution in [0.4, 0.5) is 0 Å². The number of allylic oxidation sites excluding steroid dienone is 1. The first-order valence-electron chi connectivity index (χ1n) is 9.76. The van der Waals surface area contributed by atoms with Crippen molar-refractivity contribution in [3.8, 4) is 11.6 Å². The van der Waals surface area contributed by atoms with E-state index in [0.717, 1.165) is 15.8 Å². The zero-order valence-electron chi connectivity index (χ0n) is 17.5. The van der Waals surface area contributed by atoms with Gasteiger partial charge in [-0.15, -0.1) is 11.7 Å². The van der Waals surface area contributed by atoms with E-state index in [1.165, 1.54) is 16.7 Å². The number of carbonyl (C=O) groups is 2. The standard InChI is InChI=1S/C22H14BrCl3N4O4S/c1-2-5-30-21(33)19(18-11-6-10(23)3-4-15(11)27-20(18)32)35-22(30)29-28-17(31)9-34-16-8-13(25)12(24)7-14(16)26/h2-4,6-8,33H,1,5,9H2,(H,28,31)/b29-22+. The Kier molecular flexibility index (Phi) is 7.67. The Morgan fingerprint density at radius 2 is 2.00 bits per heavy atom. The van der Waals surface area contributed by atoms with Crippen LogP contribution in [0.25, 0.3) is 5.57 Å². The van der Waals surface area contributed by atoms with E-state index in [0.29, 0.717) is 10.6 Å². The van der Waals surface area contributed by atoms with Crippen molar-refractivity contribution in [1.82, 2.24) is 9.99 Å². The number of nitrogens with one attached hydrogen (secondary N) is 1. The lowest BCUT2D eigenvalue weighted by atomic mass is 10.1. The number of hydrogen-bond donors (Lipinski definition) is 2. The van der Waals surface area contributed by atoms with Crippen molar-refractivity contribution < 1.29 is 19.4 Å². The molecular formula is C22H14BrCl3N4O4S. The smallest absolute Gasteiger partial charge is 0.279 e. The first kappa shape index (κ1) is 25.5. The molecule has 1 aliphatic heterocycles. The fraction of sp³-hybridized carbons (Fsp3) is 0.0909. The number of thiazole rings is 1. The SMILES string of the molecule is C=CCn1c(O)c(C2=c3cc(Br)ccc3=NC2=O)s/c1=N/NC(=O)COc1cc(Cl)c(Cl)cc1Cl. The quantitative estimate of drug-likeness (QED) is 0.241. The monoisotopic (exact) mass is 614 g/mol. The molecule has 1 aromatic heterocycles. The zero-order chi connectivity index (χ0) is 25.3. The highest BCUT2D eigenvalue weighted by Crippen LogP contribution is 2.33. The molecule has 2 heterocycles. The average molecular weight is 617 g/mol. The van der Waals surface area contributed by atoms with Crippen LogP contribution >= 0.6 is 62.1 Å². The molecule has 0 spiro atoms. The molecule has 35 heavy (non-hydrogen) atoms. The molecule has 180 valence electrons. The Morgan fingerprint density at radius 1 is 1.26 bits per heavy atom. The molecule has 2 aromatic carbocycles. The maximum absolute atomic E-state index is 12.6. The number of ether oxygens (including phenoxy) is 1. The number of rotatable bonds is 7. The molecule has 0 unspecified atom stereocenters. The molecule has 2 N–H and O–H groups in total. The van der Waals surface area contributed by atoms with E-state index in [1.54, 1.807) is 24.3 Å². The van der Waals surface area contributed by atoms with Crippen LogP contribution in [0.1, 0.15) is 4.88 Å². The third-order valence-corrected chi connectivity index (χ3v) is 7.29. The zero-order valence-corrected chi connectivity index (χ0v) is 22.2. The van der Waals surface area contributed by atoms with Crippen molar-refractivity contribution in [3.05, 3.63) is 82.8 Å². The second-order valence-electron chi connectivity index (χ2n) is 7.02. The molecule has 0 radical (unpaired) electrons. The van der Waals surface area contributed by atoms with Gasteiger partial charge in [0, 0.05) is 22.3 Å². The molecule has 3 aromatic rings. The normalized spacial score (nSPS) is 13.0. The van der Waals surface area contributed by atoms with E-state index >= 15 is 0 Å². The Hall–Kier alpha value is -2.63. The maximum atomic E-state index is 12.6. The Balaban J connectivity index is 1.63. The van der Waals surface area contributed by atoms with Crippen molar-refractivity contribution >= 4 is 79.5 Å². The van der Waals surface area contributed by atoms with Gasteiger partial charge < -0.3 is 9.84 Å². The van der Waals surface area contributed by atoms with Crippen LogP contribution in [-0.2, 0) is 16.1 Å². The maximum Gasteiger partial charge on any atom is 0.279 e. The van der Waals surface area contributed by atoms with Crippen molar-refractivity contribution in [2.45, 2.75) is 6.54 Å². The summed E-state index contributed by atoms with van der Waals surface area (Å²) in [5.74, 6) is -1.10. The van der Waals surface area contributed by atoms with Gasteiger partial charge in [-0.25, -0.2) is 10.4 Å². The van der Waals surface area contributed by atoms with Crippen LogP contribution < -0.4 is 25.5 Å². The molecule has 0 saturated carbocycles. The van der Waals surface area contributed by atoms with Gasteiger partial charge >= 0.3 is 0 Å². The third kappa shape index (κ3) is 5.31. The lowest BCUT2D eigenvalue weighted by molar-refractivity contribution is -0.123. The number of halogens is 4. The number of fused-ring (bicyclic) bond motifs is 1. The van der Waals surface area contributed by atoms with Crippen LogP contribution in [0.15, 0.2) is 57.6 Å². The molecule has 4 rings (SSSR count). The van der Waals surface area contributed by atoms with E-state index in [4.69, 9.17) is 39.5 Å². The van der Waals surface area contributed by atoms with E-state index < -0.39 is 18.4 Å². The van der Waals surface area contributed by atoms with Gasteiger partial charge in [-0.05, 0) is 24.3 Å². The van der Waals surface area contributed by atoms with Crippen LogP contribution in [0, 0.1) is 0 Å². The number of nitrogens with zero attached hydrogens (tertiary/aromatic N) is 3. The minimum atomic E-state index is -0.597. The third-order valence-electron chi connectivity index (χ3n) is 4.70. The van der Waals surface area contributed by atoms with Crippen LogP contribution in [-0.4, -0.2) is 28.1 Å². The molecule has 0 fully saturated rings. The molecule has 0 saturated heterocycles. The molecule has 0 atom stereocenters. The Labute approximate surface area is 225 Å². The summed E-state index contributed by atoms with van der Waals surface area (Å²) in [6.45, 7) is 3.44. The van der Waals surface area contributed by atoms with Crippen LogP contribution in [0.5, 0.6) is 11.6 Å². The fourth-order valence-corrected chi connectivity index (χ4v) is 5.15. The van der Waals surface area contributed by atoms with Gasteiger partial charge in [0.25, 0.3) is 11.8 Å². The van der Waals surface area contributed by atoms with E-state index in [1.807, 2.05) is 0 Å². The summed E-state index contributed by atoms with van der Waals surface area (Å²) in [6, 6.07) is 8.03. The van der Waals surface area contributed by atoms with Crippen molar-refractivity contribution in [2.75, 3.05) is 6.61 Å². The Bertz CT molecular complexity index is 1580. The first-order chi connectivity index (χ1) is 16.7. The summed E-state index contributed by atoms with van der Waals surface area (Å²) in [4.78, 5) is 29.5. The van der Waals surface area contributed by atoms with Gasteiger partial charge in [0.1, 0.15) is 10.6 Å². The predicted molar refractivity (Wildman–Crippen MR) is 137 cm³/mol. The number of aromatic nitrogens is 1. The van der Waals surface area contributed by atoms with Gasteiger partial charge in [0.05, 0.1) is 26.0 Å². The summed E-state index contributed by atoms with van der Waals surface area (Å²) >= 11 is 22.3. The number of benzene rings is 2. The summed E-state index contributed by atoms with van der Waals surface area (Å²) < 4.78 is 7.55. The fourth-order valence-electron chi connectivity index (χ4n) is 3.15. The lowest BCUT2D eigenvalue weighted by Gasteiger charge is -2.08. The van der Waals surface area contributed by atoms with Crippen molar-refractivity contribution in [2.24, 2.45) is 10.1 Å².